The molecular formula is C25H21ClN6O4S. The normalized spacial score (nSPS) is 11.3. The molecule has 0 bridgehead atoms. The van der Waals surface area contributed by atoms with Gasteiger partial charge in [0.25, 0.3) is 11.6 Å². The van der Waals surface area contributed by atoms with Crippen LogP contribution in [0.4, 0.5) is 5.69 Å². The maximum Gasteiger partial charge on any atom is 0.269 e. The van der Waals surface area contributed by atoms with Gasteiger partial charge in [-0.3, -0.25) is 19.5 Å². The van der Waals surface area contributed by atoms with E-state index in [1.54, 1.807) is 38.3 Å². The number of nitrogens with zero attached hydrogens (tertiary/aromatic N) is 5. The number of nitro benzene ring substituents is 1. The Morgan fingerprint density at radius 1 is 1.08 bits per heavy atom. The van der Waals surface area contributed by atoms with Gasteiger partial charge in [0, 0.05) is 28.4 Å². The molecule has 1 amide bonds. The van der Waals surface area contributed by atoms with E-state index in [1.165, 1.54) is 23.9 Å². The Balaban J connectivity index is 1.50. The minimum atomic E-state index is -0.474. The molecule has 4 aromatic rings. The Hall–Kier alpha value is -4.22. The highest BCUT2D eigenvalue weighted by Gasteiger charge is 2.17. The first kappa shape index (κ1) is 25.9. The molecule has 188 valence electrons. The zero-order valence-electron chi connectivity index (χ0n) is 19.8. The summed E-state index contributed by atoms with van der Waals surface area (Å²) in [4.78, 5) is 22.9. The van der Waals surface area contributed by atoms with Gasteiger partial charge in [0.15, 0.2) is 11.0 Å². The number of aromatic nitrogens is 3. The Bertz CT molecular complexity index is 1440. The number of nitro groups is 1. The summed E-state index contributed by atoms with van der Waals surface area (Å²) in [5.41, 5.74) is 5.27. The van der Waals surface area contributed by atoms with Gasteiger partial charge in [0.05, 0.1) is 23.5 Å². The molecule has 0 aliphatic heterocycles. The smallest absolute Gasteiger partial charge is 0.269 e. The summed E-state index contributed by atoms with van der Waals surface area (Å²) < 4.78 is 7.09. The van der Waals surface area contributed by atoms with Crippen LogP contribution in [0, 0.1) is 10.1 Å². The summed E-state index contributed by atoms with van der Waals surface area (Å²) in [5.74, 6) is 1.01. The van der Waals surface area contributed by atoms with Crippen molar-refractivity contribution < 1.29 is 14.5 Å². The number of non-ortho nitro benzene ring substituents is 1. The number of hydrogen-bond donors (Lipinski definition) is 1. The fraction of sp³-hybridized carbons (Fsp3) is 0.120. The van der Waals surface area contributed by atoms with Crippen LogP contribution in [-0.2, 0) is 4.79 Å². The van der Waals surface area contributed by atoms with Crippen LogP contribution in [0.25, 0.3) is 17.1 Å². The predicted octanol–water partition coefficient (Wildman–Crippen LogP) is 5.14. The largest absolute Gasteiger partial charge is 0.497 e. The molecule has 4 rings (SSSR count). The van der Waals surface area contributed by atoms with E-state index in [4.69, 9.17) is 16.3 Å². The number of nitrogens with one attached hydrogen (secondary N) is 1. The molecule has 0 spiro atoms. The van der Waals surface area contributed by atoms with Crippen LogP contribution in [0.5, 0.6) is 5.75 Å². The second kappa shape index (κ2) is 11.7. The van der Waals surface area contributed by atoms with Crippen molar-refractivity contribution in [3.63, 3.8) is 0 Å². The monoisotopic (exact) mass is 536 g/mol. The number of rotatable bonds is 9. The topological polar surface area (TPSA) is 125 Å². The molecule has 0 radical (unpaired) electrons. The second-order valence-electron chi connectivity index (χ2n) is 7.67. The zero-order valence-corrected chi connectivity index (χ0v) is 21.4. The lowest BCUT2D eigenvalue weighted by Crippen LogP contribution is -2.21. The van der Waals surface area contributed by atoms with Gasteiger partial charge in [0.1, 0.15) is 5.75 Å². The third-order valence-corrected chi connectivity index (χ3v) is 6.42. The number of thioether (sulfide) groups is 1. The van der Waals surface area contributed by atoms with Crippen molar-refractivity contribution in [3.05, 3.63) is 93.5 Å². The average Bonchev–Trinajstić information content (AvgIpc) is 3.35. The summed E-state index contributed by atoms with van der Waals surface area (Å²) in [6.07, 6.45) is 0. The molecule has 0 atom stereocenters. The maximum absolute atomic E-state index is 12.5. The van der Waals surface area contributed by atoms with Gasteiger partial charge in [-0.2, -0.15) is 5.10 Å². The fourth-order valence-corrected chi connectivity index (χ4v) is 4.18. The number of carbonyl (C=O) groups is 1. The molecule has 0 saturated carbocycles. The van der Waals surface area contributed by atoms with Crippen LogP contribution in [0.2, 0.25) is 5.02 Å². The highest BCUT2D eigenvalue weighted by Crippen LogP contribution is 2.29. The molecule has 0 unspecified atom stereocenters. The summed E-state index contributed by atoms with van der Waals surface area (Å²) in [7, 11) is 1.60. The van der Waals surface area contributed by atoms with E-state index >= 15 is 0 Å². The Kier molecular flexibility index (Phi) is 8.16. The Morgan fingerprint density at radius 2 is 1.76 bits per heavy atom. The van der Waals surface area contributed by atoms with Crippen LogP contribution in [0.1, 0.15) is 12.5 Å². The van der Waals surface area contributed by atoms with Gasteiger partial charge in [-0.1, -0.05) is 23.4 Å². The SMILES string of the molecule is COc1ccc(-c2nnc(SCC(=O)NN=C(C)c3ccc([N+](=O)[O-])cc3)n2-c2ccc(Cl)cc2)cc1. The predicted molar refractivity (Wildman–Crippen MR) is 143 cm³/mol. The first-order chi connectivity index (χ1) is 17.9. The van der Waals surface area contributed by atoms with Crippen LogP contribution in [-0.4, -0.2) is 44.2 Å². The maximum atomic E-state index is 12.5. The molecule has 0 aliphatic carbocycles. The Labute approximate surface area is 221 Å². The summed E-state index contributed by atoms with van der Waals surface area (Å²) in [6, 6.07) is 20.6. The van der Waals surface area contributed by atoms with E-state index in [0.717, 1.165) is 17.0 Å². The molecular weight excluding hydrogens is 516 g/mol. The van der Waals surface area contributed by atoms with Gasteiger partial charge in [-0.25, -0.2) is 5.43 Å². The number of carbonyl (C=O) groups excluding carboxylic acids is 1. The quantitative estimate of drug-likeness (QED) is 0.136. The van der Waals surface area contributed by atoms with E-state index in [0.29, 0.717) is 27.3 Å². The molecule has 1 heterocycles. The molecule has 0 saturated heterocycles. The summed E-state index contributed by atoms with van der Waals surface area (Å²) >= 11 is 7.28. The second-order valence-corrected chi connectivity index (χ2v) is 9.05. The van der Waals surface area contributed by atoms with Crippen LogP contribution >= 0.6 is 23.4 Å². The number of benzene rings is 3. The van der Waals surface area contributed by atoms with Crippen molar-refractivity contribution in [3.8, 4) is 22.8 Å². The number of ether oxygens (including phenoxy) is 1. The minimum absolute atomic E-state index is 0.0178. The van der Waals surface area contributed by atoms with E-state index in [2.05, 4.69) is 20.7 Å². The number of hydrazone groups is 1. The van der Waals surface area contributed by atoms with Crippen molar-refractivity contribution in [2.24, 2.45) is 5.10 Å². The van der Waals surface area contributed by atoms with E-state index in [1.807, 2.05) is 41.0 Å². The zero-order chi connectivity index (χ0) is 26.4. The van der Waals surface area contributed by atoms with E-state index in [-0.39, 0.29) is 17.3 Å². The Morgan fingerprint density at radius 3 is 2.38 bits per heavy atom. The van der Waals surface area contributed by atoms with E-state index < -0.39 is 4.92 Å². The van der Waals surface area contributed by atoms with Crippen molar-refractivity contribution in [2.75, 3.05) is 12.9 Å². The number of amides is 1. The van der Waals surface area contributed by atoms with Gasteiger partial charge in [-0.15, -0.1) is 10.2 Å². The molecule has 37 heavy (non-hydrogen) atoms. The van der Waals surface area contributed by atoms with Crippen molar-refractivity contribution in [1.82, 2.24) is 20.2 Å². The first-order valence-corrected chi connectivity index (χ1v) is 12.3. The lowest BCUT2D eigenvalue weighted by molar-refractivity contribution is -0.384. The highest BCUT2D eigenvalue weighted by molar-refractivity contribution is 7.99. The van der Waals surface area contributed by atoms with Crippen LogP contribution in [0.3, 0.4) is 0 Å². The molecule has 12 heteroatoms. The highest BCUT2D eigenvalue weighted by atomic mass is 35.5. The van der Waals surface area contributed by atoms with Crippen molar-refractivity contribution >= 4 is 40.7 Å². The third-order valence-electron chi connectivity index (χ3n) is 5.24. The van der Waals surface area contributed by atoms with E-state index in [9.17, 15) is 14.9 Å². The molecule has 10 nitrogen and oxygen atoms in total. The summed E-state index contributed by atoms with van der Waals surface area (Å²) in [6.45, 7) is 1.70. The fourth-order valence-electron chi connectivity index (χ4n) is 3.31. The third kappa shape index (κ3) is 6.32. The lowest BCUT2D eigenvalue weighted by atomic mass is 10.1. The van der Waals surface area contributed by atoms with Gasteiger partial charge >= 0.3 is 0 Å². The molecule has 1 aromatic heterocycles. The molecule has 1 N–H and O–H groups in total. The van der Waals surface area contributed by atoms with Gasteiger partial charge in [0.2, 0.25) is 0 Å². The molecule has 0 aliphatic rings. The van der Waals surface area contributed by atoms with Crippen molar-refractivity contribution in [2.45, 2.75) is 12.1 Å². The standard InChI is InChI=1S/C25H21ClN6O4S/c1-16(17-3-9-21(10-4-17)32(34)35)27-28-23(33)15-37-25-30-29-24(18-5-13-22(36-2)14-6-18)31(25)20-11-7-19(26)8-12-20/h3-14H,15H2,1-2H3,(H,28,33). The van der Waals surface area contributed by atoms with Crippen LogP contribution in [0.15, 0.2) is 83.1 Å². The molecule has 0 fully saturated rings. The summed E-state index contributed by atoms with van der Waals surface area (Å²) in [5, 5.41) is 24.7. The number of methoxy groups -OCH3 is 1. The lowest BCUT2D eigenvalue weighted by Gasteiger charge is -2.11. The van der Waals surface area contributed by atoms with Crippen LogP contribution < -0.4 is 10.2 Å². The average molecular weight is 537 g/mol. The minimum Gasteiger partial charge on any atom is -0.497 e. The van der Waals surface area contributed by atoms with Crippen molar-refractivity contribution in [1.29, 1.82) is 0 Å². The van der Waals surface area contributed by atoms with Gasteiger partial charge < -0.3 is 4.74 Å². The molecule has 3 aromatic carbocycles. The first-order valence-electron chi connectivity index (χ1n) is 10.9. The van der Waals surface area contributed by atoms with Gasteiger partial charge in [-0.05, 0) is 73.2 Å². The number of halogens is 1. The number of hydrogen-bond acceptors (Lipinski definition) is 8.